The molecule has 84 valence electrons. The van der Waals surface area contributed by atoms with Crippen molar-refractivity contribution >= 4 is 5.69 Å². The van der Waals surface area contributed by atoms with E-state index in [1.54, 1.807) is 6.07 Å². The molecule has 16 heavy (non-hydrogen) atoms. The number of aromatic amines is 1. The predicted octanol–water partition coefficient (Wildman–Crippen LogP) is 2.17. The summed E-state index contributed by atoms with van der Waals surface area (Å²) in [6.45, 7) is 4.57. The quantitative estimate of drug-likeness (QED) is 0.779. The molecule has 2 heterocycles. The van der Waals surface area contributed by atoms with Crippen molar-refractivity contribution in [2.24, 2.45) is 0 Å². The van der Waals surface area contributed by atoms with Gasteiger partial charge in [-0.05, 0) is 26.0 Å². The molecule has 5 heteroatoms. The molecule has 2 rings (SSSR count). The Hall–Kier alpha value is -1.91. The normalized spacial score (nSPS) is 10.4. The number of nitrogens with zero attached hydrogens (tertiary/aromatic N) is 2. The van der Waals surface area contributed by atoms with Crippen LogP contribution < -0.4 is 5.32 Å². The molecule has 0 spiro atoms. The first-order valence-corrected chi connectivity index (χ1v) is 5.02. The van der Waals surface area contributed by atoms with Crippen LogP contribution in [0.4, 0.5) is 10.1 Å². The van der Waals surface area contributed by atoms with Gasteiger partial charge in [-0.15, -0.1) is 0 Å². The number of hydrogen-bond donors (Lipinski definition) is 2. The van der Waals surface area contributed by atoms with Crippen molar-refractivity contribution < 1.29 is 4.39 Å². The van der Waals surface area contributed by atoms with Gasteiger partial charge in [0.05, 0.1) is 17.6 Å². The third-order valence-corrected chi connectivity index (χ3v) is 2.48. The van der Waals surface area contributed by atoms with E-state index in [1.165, 1.54) is 12.3 Å². The Morgan fingerprint density at radius 3 is 2.75 bits per heavy atom. The molecule has 0 amide bonds. The molecule has 0 aliphatic rings. The summed E-state index contributed by atoms with van der Waals surface area (Å²) in [7, 11) is 0. The van der Waals surface area contributed by atoms with Crippen molar-refractivity contribution in [2.75, 3.05) is 5.32 Å². The summed E-state index contributed by atoms with van der Waals surface area (Å²) in [5.41, 5.74) is 3.94. The zero-order valence-electron chi connectivity index (χ0n) is 9.21. The number of aromatic nitrogens is 3. The summed E-state index contributed by atoms with van der Waals surface area (Å²) in [5, 5.41) is 10.2. The predicted molar refractivity (Wildman–Crippen MR) is 59.6 cm³/mol. The minimum Gasteiger partial charge on any atom is -0.380 e. The monoisotopic (exact) mass is 220 g/mol. The molecule has 0 unspecified atom stereocenters. The van der Waals surface area contributed by atoms with Gasteiger partial charge in [-0.3, -0.25) is 5.10 Å². The van der Waals surface area contributed by atoms with Crippen LogP contribution in [0.15, 0.2) is 18.3 Å². The van der Waals surface area contributed by atoms with Crippen LogP contribution >= 0.6 is 0 Å². The van der Waals surface area contributed by atoms with Crippen molar-refractivity contribution in [2.45, 2.75) is 20.4 Å². The van der Waals surface area contributed by atoms with Gasteiger partial charge in [0, 0.05) is 17.8 Å². The van der Waals surface area contributed by atoms with E-state index in [0.29, 0.717) is 6.54 Å². The fraction of sp³-hybridized carbons (Fsp3) is 0.273. The average Bonchev–Trinajstić information content (AvgIpc) is 2.59. The maximum atomic E-state index is 12.6. The number of aryl methyl sites for hydroxylation is 2. The second kappa shape index (κ2) is 4.30. The van der Waals surface area contributed by atoms with Crippen molar-refractivity contribution in [3.05, 3.63) is 41.2 Å². The van der Waals surface area contributed by atoms with E-state index < -0.39 is 5.95 Å². The molecule has 0 aliphatic heterocycles. The third-order valence-electron chi connectivity index (χ3n) is 2.48. The van der Waals surface area contributed by atoms with E-state index >= 15 is 0 Å². The van der Waals surface area contributed by atoms with Gasteiger partial charge >= 0.3 is 0 Å². The third kappa shape index (κ3) is 2.18. The highest BCUT2D eigenvalue weighted by molar-refractivity contribution is 5.41. The number of H-pyrrole nitrogens is 1. The number of nitrogens with one attached hydrogen (secondary N) is 2. The maximum absolute atomic E-state index is 12.6. The largest absolute Gasteiger partial charge is 0.380 e. The first-order chi connectivity index (χ1) is 7.66. The molecule has 0 aromatic carbocycles. The fourth-order valence-corrected chi connectivity index (χ4v) is 1.51. The second-order valence-electron chi connectivity index (χ2n) is 3.64. The summed E-state index contributed by atoms with van der Waals surface area (Å²) in [4.78, 5) is 3.57. The van der Waals surface area contributed by atoms with Gasteiger partial charge in [-0.25, -0.2) is 4.98 Å². The Kier molecular flexibility index (Phi) is 2.85. The minimum absolute atomic E-state index is 0.471. The lowest BCUT2D eigenvalue weighted by Crippen LogP contribution is -2.02. The van der Waals surface area contributed by atoms with Gasteiger partial charge in [0.1, 0.15) is 0 Å². The Balaban J connectivity index is 2.05. The van der Waals surface area contributed by atoms with Crippen LogP contribution in [0.25, 0.3) is 0 Å². The molecule has 2 aromatic heterocycles. The van der Waals surface area contributed by atoms with Crippen molar-refractivity contribution in [1.82, 2.24) is 15.2 Å². The smallest absolute Gasteiger partial charge is 0.212 e. The molecule has 0 aliphatic carbocycles. The molecular weight excluding hydrogens is 207 g/mol. The molecule has 4 nitrogen and oxygen atoms in total. The Bertz CT molecular complexity index is 456. The van der Waals surface area contributed by atoms with Crippen LogP contribution in [0.2, 0.25) is 0 Å². The van der Waals surface area contributed by atoms with Gasteiger partial charge in [0.2, 0.25) is 5.95 Å². The lowest BCUT2D eigenvalue weighted by molar-refractivity contribution is 0.584. The maximum Gasteiger partial charge on any atom is 0.212 e. The summed E-state index contributed by atoms with van der Waals surface area (Å²) in [6, 6.07) is 2.99. The molecular formula is C11H13FN4. The lowest BCUT2D eigenvalue weighted by atomic mass is 10.2. The highest BCUT2D eigenvalue weighted by Crippen LogP contribution is 2.12. The number of hydrogen-bond acceptors (Lipinski definition) is 3. The molecule has 0 bridgehead atoms. The molecule has 0 radical (unpaired) electrons. The highest BCUT2D eigenvalue weighted by atomic mass is 19.1. The van der Waals surface area contributed by atoms with Crippen LogP contribution in [0.5, 0.6) is 0 Å². The fourth-order valence-electron chi connectivity index (χ4n) is 1.51. The Labute approximate surface area is 92.9 Å². The lowest BCUT2D eigenvalue weighted by Gasteiger charge is -2.05. The zero-order valence-corrected chi connectivity index (χ0v) is 9.21. The van der Waals surface area contributed by atoms with Gasteiger partial charge in [-0.2, -0.15) is 9.49 Å². The van der Waals surface area contributed by atoms with E-state index in [0.717, 1.165) is 22.6 Å². The number of anilines is 1. The van der Waals surface area contributed by atoms with Crippen molar-refractivity contribution in [3.8, 4) is 0 Å². The zero-order chi connectivity index (χ0) is 11.5. The van der Waals surface area contributed by atoms with Crippen LogP contribution in [0.3, 0.4) is 0 Å². The molecule has 2 aromatic rings. The SMILES string of the molecule is Cc1n[nH]c(C)c1CNc1ccc(F)nc1. The number of pyridine rings is 1. The number of halogens is 1. The summed E-state index contributed by atoms with van der Waals surface area (Å²) < 4.78 is 12.6. The van der Waals surface area contributed by atoms with Gasteiger partial charge in [-0.1, -0.05) is 0 Å². The second-order valence-corrected chi connectivity index (χ2v) is 3.64. The first kappa shape index (κ1) is 10.6. The average molecular weight is 220 g/mol. The van der Waals surface area contributed by atoms with E-state index in [9.17, 15) is 4.39 Å². The van der Waals surface area contributed by atoms with Gasteiger partial charge in [0.15, 0.2) is 0 Å². The minimum atomic E-state index is -0.471. The Morgan fingerprint density at radius 1 is 1.38 bits per heavy atom. The highest BCUT2D eigenvalue weighted by Gasteiger charge is 2.05. The van der Waals surface area contributed by atoms with Crippen LogP contribution in [-0.4, -0.2) is 15.2 Å². The van der Waals surface area contributed by atoms with Crippen molar-refractivity contribution in [3.63, 3.8) is 0 Å². The van der Waals surface area contributed by atoms with E-state index in [4.69, 9.17) is 0 Å². The van der Waals surface area contributed by atoms with E-state index in [1.807, 2.05) is 13.8 Å². The van der Waals surface area contributed by atoms with Gasteiger partial charge < -0.3 is 5.32 Å². The number of rotatable bonds is 3. The summed E-state index contributed by atoms with van der Waals surface area (Å²) in [5.74, 6) is -0.471. The van der Waals surface area contributed by atoms with Crippen LogP contribution in [-0.2, 0) is 6.54 Å². The van der Waals surface area contributed by atoms with Gasteiger partial charge in [0.25, 0.3) is 0 Å². The molecule has 0 saturated carbocycles. The summed E-state index contributed by atoms with van der Waals surface area (Å²) >= 11 is 0. The van der Waals surface area contributed by atoms with Crippen LogP contribution in [0, 0.1) is 19.8 Å². The summed E-state index contributed by atoms with van der Waals surface area (Å²) in [6.07, 6.45) is 1.47. The van der Waals surface area contributed by atoms with Crippen LogP contribution in [0.1, 0.15) is 17.0 Å². The molecule has 2 N–H and O–H groups in total. The molecule has 0 saturated heterocycles. The molecule has 0 fully saturated rings. The Morgan fingerprint density at radius 2 is 2.19 bits per heavy atom. The first-order valence-electron chi connectivity index (χ1n) is 5.02. The van der Waals surface area contributed by atoms with E-state index in [2.05, 4.69) is 20.5 Å². The van der Waals surface area contributed by atoms with E-state index in [-0.39, 0.29) is 0 Å². The topological polar surface area (TPSA) is 53.6 Å². The standard InChI is InChI=1S/C11H13FN4/c1-7-10(8(2)16-15-7)6-13-9-3-4-11(12)14-5-9/h3-5,13H,6H2,1-2H3,(H,15,16). The van der Waals surface area contributed by atoms with Crippen molar-refractivity contribution in [1.29, 1.82) is 0 Å². The molecule has 0 atom stereocenters.